The van der Waals surface area contributed by atoms with E-state index in [-0.39, 0.29) is 0 Å². The van der Waals surface area contributed by atoms with E-state index in [0.29, 0.717) is 113 Å². The van der Waals surface area contributed by atoms with Crippen LogP contribution in [0, 0.1) is 0 Å². The van der Waals surface area contributed by atoms with E-state index in [1.54, 1.807) is 77.5 Å². The van der Waals surface area contributed by atoms with Crippen LogP contribution in [-0.2, 0) is 0 Å². The van der Waals surface area contributed by atoms with Crippen LogP contribution in [-0.4, -0.2) is 88.2 Å². The van der Waals surface area contributed by atoms with Gasteiger partial charge in [0, 0.05) is 92.9 Å². The van der Waals surface area contributed by atoms with Gasteiger partial charge >= 0.3 is 0 Å². The average Bonchev–Trinajstić information content (AvgIpc) is 3.85. The third kappa shape index (κ3) is 4.15. The van der Waals surface area contributed by atoms with Crippen molar-refractivity contribution < 1.29 is 18.9 Å². The molecule has 0 unspecified atom stereocenters. The molecule has 9 heterocycles. The molecule has 9 rings (SSSR count). The maximum Gasteiger partial charge on any atom is 0.213 e. The topological polar surface area (TPSA) is 197 Å². The van der Waals surface area contributed by atoms with Crippen LogP contribution in [0.2, 0.25) is 0 Å². The van der Waals surface area contributed by atoms with Crippen molar-refractivity contribution in [3.8, 4) is 69.1 Å². The monoisotopic (exact) mass is 638 g/mol. The lowest BCUT2D eigenvalue weighted by atomic mass is 10.1. The standard InChI is InChI=1S/C32H22N12O4/c1-45-21-5-13-17(9-33-21)29-37-25(13)41-30-18-10-34-22(46-2)6-14(18)27(38-30)43-32-20-12-36-24(48-4)8-16(20)28(40-32)44-31-19-11-35-23(47-3)7-15(19)26(39-31)42-29/h5-12H,1-4H3,(H2,37,38,39,40,41,42,43,44). The predicted molar refractivity (Wildman–Crippen MR) is 173 cm³/mol. The number of aromatic amines is 2. The Morgan fingerprint density at radius 3 is 1.10 bits per heavy atom. The molecule has 234 valence electrons. The largest absolute Gasteiger partial charge is 0.481 e. The summed E-state index contributed by atoms with van der Waals surface area (Å²) in [6, 6.07) is 7.12. The highest BCUT2D eigenvalue weighted by atomic mass is 16.5. The molecule has 8 bridgehead atoms. The average molecular weight is 639 g/mol. The van der Waals surface area contributed by atoms with Crippen LogP contribution in [0.15, 0.2) is 49.1 Å². The first-order chi connectivity index (χ1) is 23.5. The lowest BCUT2D eigenvalue weighted by molar-refractivity contribution is 0.398. The Balaban J connectivity index is 1.48. The van der Waals surface area contributed by atoms with E-state index < -0.39 is 0 Å². The van der Waals surface area contributed by atoms with Crippen LogP contribution in [0.1, 0.15) is 0 Å². The molecule has 48 heavy (non-hydrogen) atoms. The van der Waals surface area contributed by atoms with Gasteiger partial charge in [0.25, 0.3) is 0 Å². The minimum absolute atomic E-state index is 0.382. The number of nitrogens with one attached hydrogen (secondary N) is 2. The maximum atomic E-state index is 5.44. The van der Waals surface area contributed by atoms with E-state index in [9.17, 15) is 0 Å². The highest BCUT2D eigenvalue weighted by molar-refractivity contribution is 6.06. The number of aromatic nitrogens is 12. The van der Waals surface area contributed by atoms with Crippen molar-refractivity contribution in [3.05, 3.63) is 49.1 Å². The summed E-state index contributed by atoms with van der Waals surface area (Å²) < 4.78 is 21.8. The first kappa shape index (κ1) is 27.5. The minimum atomic E-state index is 0.382. The van der Waals surface area contributed by atoms with Crippen molar-refractivity contribution in [1.29, 1.82) is 0 Å². The molecule has 0 saturated heterocycles. The van der Waals surface area contributed by atoms with Gasteiger partial charge in [0.15, 0.2) is 23.3 Å². The second kappa shape index (κ2) is 10.3. The summed E-state index contributed by atoms with van der Waals surface area (Å²) in [5.41, 5.74) is 4.57. The normalized spacial score (nSPS) is 11.8. The summed E-state index contributed by atoms with van der Waals surface area (Å²) in [5.74, 6) is 3.16. The zero-order valence-corrected chi connectivity index (χ0v) is 25.7. The van der Waals surface area contributed by atoms with Crippen LogP contribution in [0.3, 0.4) is 0 Å². The quantitative estimate of drug-likeness (QED) is 0.273. The Labute approximate surface area is 269 Å². The third-order valence-electron chi connectivity index (χ3n) is 8.10. The number of hydrogen-bond donors (Lipinski definition) is 2. The number of methoxy groups -OCH3 is 4. The molecule has 0 atom stereocenters. The van der Waals surface area contributed by atoms with Gasteiger partial charge in [-0.05, 0) is 0 Å². The summed E-state index contributed by atoms with van der Waals surface area (Å²) in [6.07, 6.45) is 6.67. The van der Waals surface area contributed by atoms with Gasteiger partial charge in [-0.2, -0.15) is 0 Å². The zero-order chi connectivity index (χ0) is 32.5. The molecule has 7 aromatic heterocycles. The molecule has 7 aromatic rings. The van der Waals surface area contributed by atoms with Gasteiger partial charge in [0.2, 0.25) is 23.5 Å². The molecule has 0 amide bonds. The molecule has 0 radical (unpaired) electrons. The van der Waals surface area contributed by atoms with Gasteiger partial charge < -0.3 is 28.9 Å². The summed E-state index contributed by atoms with van der Waals surface area (Å²) >= 11 is 0. The van der Waals surface area contributed by atoms with E-state index in [1.807, 2.05) is 0 Å². The third-order valence-corrected chi connectivity index (χ3v) is 8.10. The van der Waals surface area contributed by atoms with E-state index in [2.05, 4.69) is 29.9 Å². The van der Waals surface area contributed by atoms with Crippen molar-refractivity contribution >= 4 is 44.1 Å². The summed E-state index contributed by atoms with van der Waals surface area (Å²) in [7, 11) is 6.21. The van der Waals surface area contributed by atoms with Gasteiger partial charge in [-0.1, -0.05) is 0 Å². The van der Waals surface area contributed by atoms with Crippen LogP contribution >= 0.6 is 0 Å². The summed E-state index contributed by atoms with van der Waals surface area (Å²) in [6.45, 7) is 0. The van der Waals surface area contributed by atoms with Gasteiger partial charge in [0.1, 0.15) is 22.6 Å². The van der Waals surface area contributed by atoms with E-state index in [4.69, 9.17) is 48.9 Å². The van der Waals surface area contributed by atoms with E-state index in [0.717, 1.165) is 0 Å². The Kier molecular flexibility index (Phi) is 5.92. The molecule has 0 aliphatic carbocycles. The Hall–Kier alpha value is -6.84. The number of H-pyrrole nitrogens is 2. The molecule has 2 aliphatic rings. The van der Waals surface area contributed by atoms with Crippen molar-refractivity contribution in [2.24, 2.45) is 0 Å². The first-order valence-corrected chi connectivity index (χ1v) is 14.5. The number of rotatable bonds is 4. The second-order valence-electron chi connectivity index (χ2n) is 10.7. The fourth-order valence-electron chi connectivity index (χ4n) is 5.74. The minimum Gasteiger partial charge on any atom is -0.481 e. The predicted octanol–water partition coefficient (Wildman–Crippen LogP) is 4.48. The first-order valence-electron chi connectivity index (χ1n) is 14.5. The Bertz CT molecular complexity index is 2470. The molecular formula is C32H22N12O4. The fraction of sp³-hybridized carbons (Fsp3) is 0.125. The number of ether oxygens (including phenoxy) is 4. The molecular weight excluding hydrogens is 616 g/mol. The van der Waals surface area contributed by atoms with Gasteiger partial charge in [0.05, 0.1) is 28.4 Å². The van der Waals surface area contributed by atoms with E-state index in [1.165, 1.54) is 0 Å². The number of pyridine rings is 4. The van der Waals surface area contributed by atoms with Crippen LogP contribution in [0.25, 0.3) is 89.7 Å². The van der Waals surface area contributed by atoms with Crippen LogP contribution in [0.4, 0.5) is 0 Å². The highest BCUT2D eigenvalue weighted by Gasteiger charge is 2.24. The molecule has 2 N–H and O–H groups in total. The smallest absolute Gasteiger partial charge is 0.213 e. The van der Waals surface area contributed by atoms with Gasteiger partial charge in [-0.15, -0.1) is 0 Å². The van der Waals surface area contributed by atoms with Crippen molar-refractivity contribution in [2.45, 2.75) is 0 Å². The van der Waals surface area contributed by atoms with Crippen LogP contribution < -0.4 is 18.9 Å². The second-order valence-corrected chi connectivity index (χ2v) is 10.7. The Morgan fingerprint density at radius 1 is 0.375 bits per heavy atom. The SMILES string of the molecule is COc1cc2c(cn1)-c1nc-2nc2[nH]c(nc3nc(nc4[nH]c(n1)c1cc(OC)ncc41)-c1cc(OC)ncc1-3)c1cc(OC)ncc21. The highest BCUT2D eigenvalue weighted by Crippen LogP contribution is 2.38. The van der Waals surface area contributed by atoms with E-state index >= 15 is 0 Å². The Morgan fingerprint density at radius 2 is 0.708 bits per heavy atom. The maximum absolute atomic E-state index is 5.44. The molecule has 0 aromatic carbocycles. The number of fused-ring (bicyclic) bond motifs is 20. The summed E-state index contributed by atoms with van der Waals surface area (Å²) in [5, 5.41) is 2.80. The summed E-state index contributed by atoms with van der Waals surface area (Å²) in [4.78, 5) is 54.0. The molecule has 0 saturated carbocycles. The van der Waals surface area contributed by atoms with Crippen molar-refractivity contribution in [2.75, 3.05) is 28.4 Å². The molecule has 0 spiro atoms. The van der Waals surface area contributed by atoms with Gasteiger partial charge in [-0.25, -0.2) is 49.8 Å². The number of nitrogens with zero attached hydrogens (tertiary/aromatic N) is 10. The lowest BCUT2D eigenvalue weighted by Crippen LogP contribution is -1.90. The van der Waals surface area contributed by atoms with Crippen LogP contribution in [0.5, 0.6) is 23.5 Å². The molecule has 2 aliphatic heterocycles. The van der Waals surface area contributed by atoms with Crippen molar-refractivity contribution in [1.82, 2.24) is 59.8 Å². The van der Waals surface area contributed by atoms with Gasteiger partial charge in [-0.3, -0.25) is 0 Å². The molecule has 16 heteroatoms. The number of hydrogen-bond acceptors (Lipinski definition) is 14. The lowest BCUT2D eigenvalue weighted by Gasteiger charge is -2.01. The molecule has 16 nitrogen and oxygen atoms in total. The molecule has 0 fully saturated rings. The fourth-order valence-corrected chi connectivity index (χ4v) is 5.74. The zero-order valence-electron chi connectivity index (χ0n) is 25.7. The van der Waals surface area contributed by atoms with Crippen molar-refractivity contribution in [3.63, 3.8) is 0 Å².